The first-order chi connectivity index (χ1) is 40.0. The SMILES string of the molecule is CC/C=C\C/C=C\C/C=C\C/C=C\C/C=C\C/C=C\C/C=C\CCCCCCCC(=O)OCC(COC(=O)CCCCCCC/C=C\CCCCCC)OC(=O)CCCCCCCCCCCC/C=C\C/C=C\C/C=C\C/C=C\CC. The molecule has 0 heterocycles. The molecule has 0 aromatic rings. The Balaban J connectivity index is 4.40. The van der Waals surface area contributed by atoms with Crippen LogP contribution < -0.4 is 0 Å². The molecule has 0 rings (SSSR count). The van der Waals surface area contributed by atoms with E-state index in [1.165, 1.54) is 89.9 Å². The molecule has 0 spiro atoms. The van der Waals surface area contributed by atoms with E-state index in [1.807, 2.05) is 0 Å². The molecule has 0 bridgehead atoms. The molecule has 0 saturated carbocycles. The molecule has 0 amide bonds. The second-order valence-electron chi connectivity index (χ2n) is 21.6. The summed E-state index contributed by atoms with van der Waals surface area (Å²) in [5.41, 5.74) is 0. The van der Waals surface area contributed by atoms with Crippen molar-refractivity contribution in [2.45, 2.75) is 297 Å². The molecule has 0 radical (unpaired) electrons. The summed E-state index contributed by atoms with van der Waals surface area (Å²) < 4.78 is 16.9. The molecule has 0 saturated heterocycles. The van der Waals surface area contributed by atoms with Gasteiger partial charge in [-0.15, -0.1) is 0 Å². The zero-order valence-electron chi connectivity index (χ0n) is 52.5. The average molecular weight is 1120 g/mol. The monoisotopic (exact) mass is 1120 g/mol. The third-order valence-corrected chi connectivity index (χ3v) is 13.8. The number of hydrogen-bond donors (Lipinski definition) is 0. The Morgan fingerprint density at radius 3 is 0.765 bits per heavy atom. The van der Waals surface area contributed by atoms with Crippen LogP contribution in [0.4, 0.5) is 0 Å². The first kappa shape index (κ1) is 76.3. The maximum absolute atomic E-state index is 12.9. The minimum Gasteiger partial charge on any atom is -0.462 e. The highest BCUT2D eigenvalue weighted by molar-refractivity contribution is 5.71. The number of unbranched alkanes of at least 4 members (excludes halogenated alkanes) is 24. The minimum absolute atomic E-state index is 0.0943. The summed E-state index contributed by atoms with van der Waals surface area (Å²) in [6.45, 7) is 6.38. The van der Waals surface area contributed by atoms with Gasteiger partial charge in [0.1, 0.15) is 13.2 Å². The summed E-state index contributed by atoms with van der Waals surface area (Å²) in [5, 5.41) is 0. The van der Waals surface area contributed by atoms with Gasteiger partial charge in [0.25, 0.3) is 0 Å². The van der Waals surface area contributed by atoms with Crippen LogP contribution in [-0.2, 0) is 28.6 Å². The summed E-state index contributed by atoms with van der Waals surface area (Å²) in [4.78, 5) is 38.4. The molecule has 81 heavy (non-hydrogen) atoms. The number of carbonyl (C=O) groups is 3. The standard InChI is InChI=1S/C75H122O6/c1-4-7-10-13-16-19-22-25-27-29-31-33-35-36-37-38-40-41-43-45-47-50-53-56-59-62-65-68-74(77)80-71-72(70-79-73(76)67-64-61-58-55-52-49-24-21-18-15-12-9-6-3)81-75(78)69-66-63-60-57-54-51-48-46-44-42-39-34-32-30-28-26-23-20-17-14-11-8-5-2/h7-8,10-11,16-17,19-21,24-28,31-34,36-37,40-41,45,47,72H,4-6,9,12-15,18,22-23,29-30,35,38-39,42-44,46,48-71H2,1-3H3/b10-7-,11-8-,19-16-,20-17-,24-21-,27-25-,28-26-,33-31-,34-32-,37-36-,41-40-,47-45-. The first-order valence-corrected chi connectivity index (χ1v) is 33.3. The van der Waals surface area contributed by atoms with Crippen molar-refractivity contribution >= 4 is 17.9 Å². The molecule has 0 aliphatic carbocycles. The van der Waals surface area contributed by atoms with E-state index in [2.05, 4.69) is 167 Å². The van der Waals surface area contributed by atoms with Crippen LogP contribution in [0.25, 0.3) is 0 Å². The molecule has 1 unspecified atom stereocenters. The zero-order chi connectivity index (χ0) is 58.5. The maximum Gasteiger partial charge on any atom is 0.306 e. The Kier molecular flexibility index (Phi) is 63.9. The van der Waals surface area contributed by atoms with E-state index in [9.17, 15) is 14.4 Å². The van der Waals surface area contributed by atoms with Crippen LogP contribution in [0.5, 0.6) is 0 Å². The van der Waals surface area contributed by atoms with Crippen molar-refractivity contribution < 1.29 is 28.6 Å². The Morgan fingerprint density at radius 2 is 0.481 bits per heavy atom. The molecule has 0 aliphatic rings. The molecule has 0 fully saturated rings. The molecule has 6 nitrogen and oxygen atoms in total. The predicted octanol–water partition coefficient (Wildman–Crippen LogP) is 23.1. The van der Waals surface area contributed by atoms with Crippen LogP contribution in [0.15, 0.2) is 146 Å². The number of carbonyl (C=O) groups excluding carboxylic acids is 3. The third kappa shape index (κ3) is 66.0. The Bertz CT molecular complexity index is 1760. The van der Waals surface area contributed by atoms with E-state index in [4.69, 9.17) is 14.2 Å². The zero-order valence-corrected chi connectivity index (χ0v) is 52.5. The van der Waals surface area contributed by atoms with Crippen molar-refractivity contribution in [1.29, 1.82) is 0 Å². The van der Waals surface area contributed by atoms with E-state index in [0.29, 0.717) is 19.3 Å². The van der Waals surface area contributed by atoms with Crippen LogP contribution in [0.3, 0.4) is 0 Å². The van der Waals surface area contributed by atoms with E-state index in [1.54, 1.807) is 0 Å². The van der Waals surface area contributed by atoms with E-state index < -0.39 is 6.10 Å². The van der Waals surface area contributed by atoms with Crippen molar-refractivity contribution in [2.24, 2.45) is 0 Å². The topological polar surface area (TPSA) is 78.9 Å². The fourth-order valence-corrected chi connectivity index (χ4v) is 8.88. The fraction of sp³-hybridized carbons (Fsp3) is 0.640. The van der Waals surface area contributed by atoms with Crippen LogP contribution in [0.2, 0.25) is 0 Å². The molecule has 6 heteroatoms. The number of rotatable bonds is 59. The van der Waals surface area contributed by atoms with E-state index >= 15 is 0 Å². The second kappa shape index (κ2) is 67.8. The number of allylic oxidation sites excluding steroid dienone is 24. The van der Waals surface area contributed by atoms with Crippen LogP contribution in [-0.4, -0.2) is 37.2 Å². The highest BCUT2D eigenvalue weighted by Crippen LogP contribution is 2.15. The van der Waals surface area contributed by atoms with Gasteiger partial charge in [-0.05, 0) is 141 Å². The number of ether oxygens (including phenoxy) is 3. The van der Waals surface area contributed by atoms with E-state index in [-0.39, 0.29) is 31.1 Å². The lowest BCUT2D eigenvalue weighted by molar-refractivity contribution is -0.167. The Labute approximate surface area is 499 Å². The van der Waals surface area contributed by atoms with Crippen LogP contribution in [0.1, 0.15) is 290 Å². The Hall–Kier alpha value is -4.71. The van der Waals surface area contributed by atoms with Gasteiger partial charge in [0.15, 0.2) is 6.10 Å². The lowest BCUT2D eigenvalue weighted by Gasteiger charge is -2.18. The van der Waals surface area contributed by atoms with Gasteiger partial charge in [0.05, 0.1) is 0 Å². The van der Waals surface area contributed by atoms with Gasteiger partial charge < -0.3 is 14.2 Å². The summed E-state index contributed by atoms with van der Waals surface area (Å²) in [6.07, 6.45) is 97.1. The van der Waals surface area contributed by atoms with Gasteiger partial charge in [0.2, 0.25) is 0 Å². The quantitative estimate of drug-likeness (QED) is 0.0261. The predicted molar refractivity (Wildman–Crippen MR) is 352 cm³/mol. The average Bonchev–Trinajstić information content (AvgIpc) is 3.46. The smallest absolute Gasteiger partial charge is 0.306 e. The van der Waals surface area contributed by atoms with Gasteiger partial charge in [-0.25, -0.2) is 0 Å². The highest BCUT2D eigenvalue weighted by Gasteiger charge is 2.19. The summed E-state index contributed by atoms with van der Waals surface area (Å²) in [6, 6.07) is 0. The molecule has 0 N–H and O–H groups in total. The van der Waals surface area contributed by atoms with Gasteiger partial charge >= 0.3 is 17.9 Å². The molecular weight excluding hydrogens is 997 g/mol. The third-order valence-electron chi connectivity index (χ3n) is 13.8. The van der Waals surface area contributed by atoms with Crippen molar-refractivity contribution in [1.82, 2.24) is 0 Å². The number of hydrogen-bond acceptors (Lipinski definition) is 6. The largest absolute Gasteiger partial charge is 0.462 e. The molecule has 1 atom stereocenters. The van der Waals surface area contributed by atoms with Gasteiger partial charge in [-0.3, -0.25) is 14.4 Å². The summed E-state index contributed by atoms with van der Waals surface area (Å²) in [5.74, 6) is -0.924. The molecule has 458 valence electrons. The van der Waals surface area contributed by atoms with Crippen molar-refractivity contribution in [2.75, 3.05) is 13.2 Å². The lowest BCUT2D eigenvalue weighted by Crippen LogP contribution is -2.30. The number of esters is 3. The van der Waals surface area contributed by atoms with Crippen LogP contribution >= 0.6 is 0 Å². The molecular formula is C75H122O6. The van der Waals surface area contributed by atoms with Crippen molar-refractivity contribution in [3.05, 3.63) is 146 Å². The molecule has 0 aromatic heterocycles. The fourth-order valence-electron chi connectivity index (χ4n) is 8.88. The van der Waals surface area contributed by atoms with Crippen LogP contribution in [0, 0.1) is 0 Å². The van der Waals surface area contributed by atoms with E-state index in [0.717, 1.165) is 161 Å². The molecule has 0 aromatic carbocycles. The van der Waals surface area contributed by atoms with Gasteiger partial charge in [-0.2, -0.15) is 0 Å². The first-order valence-electron chi connectivity index (χ1n) is 33.3. The second-order valence-corrected chi connectivity index (χ2v) is 21.6. The van der Waals surface area contributed by atoms with Crippen molar-refractivity contribution in [3.63, 3.8) is 0 Å². The molecule has 0 aliphatic heterocycles. The minimum atomic E-state index is -0.800. The maximum atomic E-state index is 12.9. The lowest BCUT2D eigenvalue weighted by atomic mass is 10.0. The van der Waals surface area contributed by atoms with Gasteiger partial charge in [-0.1, -0.05) is 276 Å². The van der Waals surface area contributed by atoms with Gasteiger partial charge in [0, 0.05) is 19.3 Å². The highest BCUT2D eigenvalue weighted by atomic mass is 16.6. The van der Waals surface area contributed by atoms with Crippen molar-refractivity contribution in [3.8, 4) is 0 Å². The Morgan fingerprint density at radius 1 is 0.259 bits per heavy atom. The normalized spacial score (nSPS) is 13.1. The summed E-state index contributed by atoms with van der Waals surface area (Å²) in [7, 11) is 0. The summed E-state index contributed by atoms with van der Waals surface area (Å²) >= 11 is 0.